The minimum absolute atomic E-state index is 0.117. The second kappa shape index (κ2) is 7.09. The van der Waals surface area contributed by atoms with Crippen molar-refractivity contribution in [2.75, 3.05) is 18.9 Å². The number of hydrogen-bond donors (Lipinski definition) is 2. The molecule has 0 saturated carbocycles. The van der Waals surface area contributed by atoms with Crippen molar-refractivity contribution in [3.8, 4) is 0 Å². The summed E-state index contributed by atoms with van der Waals surface area (Å²) in [7, 11) is 3.14. The third kappa shape index (κ3) is 3.65. The van der Waals surface area contributed by atoms with E-state index in [-0.39, 0.29) is 16.5 Å². The van der Waals surface area contributed by atoms with Crippen molar-refractivity contribution in [2.45, 2.75) is 6.42 Å². The summed E-state index contributed by atoms with van der Waals surface area (Å²) in [5, 5.41) is 9.72. The first-order valence-electron chi connectivity index (χ1n) is 6.79. The molecule has 0 aliphatic carbocycles. The zero-order chi connectivity index (χ0) is 16.1. The maximum Gasteiger partial charge on any atom is 0.287 e. The summed E-state index contributed by atoms with van der Waals surface area (Å²) >= 11 is 5.98. The molecule has 0 fully saturated rings. The number of nitrogens with zero attached hydrogens (tertiary/aromatic N) is 2. The Balaban J connectivity index is 2.01. The Labute approximate surface area is 133 Å². The molecule has 6 nitrogen and oxygen atoms in total. The van der Waals surface area contributed by atoms with Gasteiger partial charge in [0.25, 0.3) is 11.5 Å². The third-order valence-electron chi connectivity index (χ3n) is 3.22. The monoisotopic (exact) mass is 320 g/mol. The average molecular weight is 321 g/mol. The van der Waals surface area contributed by atoms with Crippen molar-refractivity contribution < 1.29 is 4.79 Å². The molecule has 2 rings (SSSR count). The summed E-state index contributed by atoms with van der Waals surface area (Å²) in [5.41, 5.74) is 1.80. The molecule has 1 aromatic carbocycles. The van der Waals surface area contributed by atoms with Crippen molar-refractivity contribution in [1.29, 1.82) is 0 Å². The molecule has 0 aliphatic rings. The van der Waals surface area contributed by atoms with Crippen molar-refractivity contribution in [3.63, 3.8) is 0 Å². The number of aryl methyl sites for hydroxylation is 1. The minimum atomic E-state index is -0.340. The van der Waals surface area contributed by atoms with Gasteiger partial charge in [0.15, 0.2) is 0 Å². The van der Waals surface area contributed by atoms with Gasteiger partial charge in [-0.05, 0) is 24.1 Å². The lowest BCUT2D eigenvalue weighted by molar-refractivity contribution is 0.0963. The van der Waals surface area contributed by atoms with Crippen molar-refractivity contribution in [1.82, 2.24) is 15.1 Å². The van der Waals surface area contributed by atoms with Crippen LogP contribution in [-0.4, -0.2) is 29.3 Å². The van der Waals surface area contributed by atoms with E-state index in [2.05, 4.69) is 15.7 Å². The molecule has 0 unspecified atom stereocenters. The van der Waals surface area contributed by atoms with Gasteiger partial charge in [-0.1, -0.05) is 23.7 Å². The van der Waals surface area contributed by atoms with Crippen LogP contribution in [-0.2, 0) is 13.5 Å². The van der Waals surface area contributed by atoms with E-state index in [0.717, 1.165) is 5.56 Å². The number of aromatic nitrogens is 2. The maximum atomic E-state index is 11.7. The van der Waals surface area contributed by atoms with E-state index in [9.17, 15) is 9.59 Å². The molecule has 0 aliphatic heterocycles. The lowest BCUT2D eigenvalue weighted by Crippen LogP contribution is -2.21. The fraction of sp³-hybridized carbons (Fsp3) is 0.267. The first kappa shape index (κ1) is 16.0. The van der Waals surface area contributed by atoms with E-state index in [1.807, 2.05) is 18.2 Å². The van der Waals surface area contributed by atoms with Gasteiger partial charge in [0.2, 0.25) is 0 Å². The van der Waals surface area contributed by atoms with E-state index >= 15 is 0 Å². The Hall–Kier alpha value is -2.34. The molecule has 0 atom stereocenters. The molecule has 1 heterocycles. The molecule has 116 valence electrons. The summed E-state index contributed by atoms with van der Waals surface area (Å²) in [5.74, 6) is -0.117. The molecule has 0 spiro atoms. The molecule has 1 amide bonds. The number of benzene rings is 1. The zero-order valence-corrected chi connectivity index (χ0v) is 13.1. The minimum Gasteiger partial charge on any atom is -0.382 e. The van der Waals surface area contributed by atoms with Gasteiger partial charge in [-0.3, -0.25) is 9.59 Å². The lowest BCUT2D eigenvalue weighted by Gasteiger charge is -2.09. The van der Waals surface area contributed by atoms with Crippen LogP contribution in [0.2, 0.25) is 5.02 Å². The fourth-order valence-electron chi connectivity index (χ4n) is 1.99. The van der Waals surface area contributed by atoms with Crippen molar-refractivity contribution in [3.05, 3.63) is 57.0 Å². The fourth-order valence-corrected chi connectivity index (χ4v) is 2.23. The molecular weight excluding hydrogens is 304 g/mol. The topological polar surface area (TPSA) is 76.0 Å². The number of anilines is 1. The molecular formula is C15H17ClN4O2. The van der Waals surface area contributed by atoms with E-state index in [4.69, 9.17) is 11.6 Å². The first-order chi connectivity index (χ1) is 10.5. The molecule has 0 saturated heterocycles. The standard InChI is InChI=1S/C15H17ClN4O2/c1-17-14(21)11-5-3-4-10(8-11)6-7-18-12-9-19-20(2)15(22)13(12)16/h3-5,8-9,18H,6-7H2,1-2H3,(H,17,21). The van der Waals surface area contributed by atoms with Crippen molar-refractivity contribution in [2.24, 2.45) is 7.05 Å². The van der Waals surface area contributed by atoms with Crippen LogP contribution in [0.4, 0.5) is 5.69 Å². The van der Waals surface area contributed by atoms with Gasteiger partial charge in [0.05, 0.1) is 11.9 Å². The second-order valence-corrected chi connectivity index (χ2v) is 5.14. The Morgan fingerprint density at radius 1 is 1.41 bits per heavy atom. The number of carbonyl (C=O) groups excluding carboxylic acids is 1. The third-order valence-corrected chi connectivity index (χ3v) is 3.59. The normalized spacial score (nSPS) is 10.3. The Morgan fingerprint density at radius 3 is 2.91 bits per heavy atom. The zero-order valence-electron chi connectivity index (χ0n) is 12.4. The predicted molar refractivity (Wildman–Crippen MR) is 86.5 cm³/mol. The maximum absolute atomic E-state index is 11.7. The van der Waals surface area contributed by atoms with Gasteiger partial charge in [-0.25, -0.2) is 4.68 Å². The van der Waals surface area contributed by atoms with Crippen molar-refractivity contribution >= 4 is 23.2 Å². The van der Waals surface area contributed by atoms with Crippen LogP contribution >= 0.6 is 11.6 Å². The first-order valence-corrected chi connectivity index (χ1v) is 7.17. The summed E-state index contributed by atoms with van der Waals surface area (Å²) in [6.45, 7) is 0.575. The highest BCUT2D eigenvalue weighted by molar-refractivity contribution is 6.32. The molecule has 0 radical (unpaired) electrons. The smallest absolute Gasteiger partial charge is 0.287 e. The average Bonchev–Trinajstić information content (AvgIpc) is 2.54. The highest BCUT2D eigenvalue weighted by atomic mass is 35.5. The van der Waals surface area contributed by atoms with Gasteiger partial charge in [-0.15, -0.1) is 0 Å². The van der Waals surface area contributed by atoms with Gasteiger partial charge < -0.3 is 10.6 Å². The van der Waals surface area contributed by atoms with E-state index in [1.54, 1.807) is 20.2 Å². The van der Waals surface area contributed by atoms with Gasteiger partial charge in [0, 0.05) is 26.2 Å². The molecule has 2 N–H and O–H groups in total. The van der Waals surface area contributed by atoms with E-state index in [1.165, 1.54) is 10.9 Å². The quantitative estimate of drug-likeness (QED) is 0.874. The van der Waals surface area contributed by atoms with Crippen LogP contribution in [0.15, 0.2) is 35.3 Å². The van der Waals surface area contributed by atoms with E-state index in [0.29, 0.717) is 24.2 Å². The van der Waals surface area contributed by atoms with Crippen LogP contribution < -0.4 is 16.2 Å². The van der Waals surface area contributed by atoms with Crippen LogP contribution in [0, 0.1) is 0 Å². The van der Waals surface area contributed by atoms with Crippen LogP contribution in [0.5, 0.6) is 0 Å². The number of carbonyl (C=O) groups is 1. The molecule has 7 heteroatoms. The molecule has 22 heavy (non-hydrogen) atoms. The Kier molecular flexibility index (Phi) is 5.16. The molecule has 0 bridgehead atoms. The molecule has 1 aromatic heterocycles. The van der Waals surface area contributed by atoms with Crippen LogP contribution in [0.3, 0.4) is 0 Å². The second-order valence-electron chi connectivity index (χ2n) is 4.76. The largest absolute Gasteiger partial charge is 0.382 e. The summed E-state index contributed by atoms with van der Waals surface area (Å²) in [6.07, 6.45) is 2.21. The number of rotatable bonds is 5. The number of halogens is 1. The lowest BCUT2D eigenvalue weighted by atomic mass is 10.1. The highest BCUT2D eigenvalue weighted by Crippen LogP contribution is 2.15. The summed E-state index contributed by atoms with van der Waals surface area (Å²) in [4.78, 5) is 23.2. The SMILES string of the molecule is CNC(=O)c1cccc(CCNc2cnn(C)c(=O)c2Cl)c1. The Morgan fingerprint density at radius 2 is 2.18 bits per heavy atom. The van der Waals surface area contributed by atoms with Crippen LogP contribution in [0.1, 0.15) is 15.9 Å². The van der Waals surface area contributed by atoms with Gasteiger partial charge in [-0.2, -0.15) is 5.10 Å². The number of nitrogens with one attached hydrogen (secondary N) is 2. The molecule has 2 aromatic rings. The van der Waals surface area contributed by atoms with E-state index < -0.39 is 0 Å². The Bertz CT molecular complexity index is 743. The van der Waals surface area contributed by atoms with Crippen LogP contribution in [0.25, 0.3) is 0 Å². The highest BCUT2D eigenvalue weighted by Gasteiger charge is 2.07. The summed E-state index contributed by atoms with van der Waals surface area (Å²) in [6, 6.07) is 7.38. The number of amides is 1. The predicted octanol–water partition coefficient (Wildman–Crippen LogP) is 1.45. The van der Waals surface area contributed by atoms with Gasteiger partial charge >= 0.3 is 0 Å². The van der Waals surface area contributed by atoms with Gasteiger partial charge in [0.1, 0.15) is 5.02 Å². The summed E-state index contributed by atoms with van der Waals surface area (Å²) < 4.78 is 1.18. The number of hydrogen-bond acceptors (Lipinski definition) is 4.